The van der Waals surface area contributed by atoms with E-state index in [-0.39, 0.29) is 11.5 Å². The second kappa shape index (κ2) is 5.14. The lowest BCUT2D eigenvalue weighted by atomic mass is 10.3. The summed E-state index contributed by atoms with van der Waals surface area (Å²) in [4.78, 5) is 19.7. The Morgan fingerprint density at radius 3 is 2.68 bits per heavy atom. The first-order valence-electron chi connectivity index (χ1n) is 6.23. The van der Waals surface area contributed by atoms with Crippen molar-refractivity contribution in [3.63, 3.8) is 0 Å². The van der Waals surface area contributed by atoms with E-state index < -0.39 is 17.4 Å². The molecule has 0 amide bonds. The Labute approximate surface area is 122 Å². The summed E-state index contributed by atoms with van der Waals surface area (Å²) in [5.41, 5.74) is -0.985. The Bertz CT molecular complexity index is 889. The summed E-state index contributed by atoms with van der Waals surface area (Å²) in [6, 6.07) is 8.44. The maximum Gasteiger partial charge on any atom is 0.433 e. The third-order valence-electron chi connectivity index (χ3n) is 2.92. The summed E-state index contributed by atoms with van der Waals surface area (Å²) in [7, 11) is 0. The number of fused-ring (bicyclic) bond motifs is 1. The first kappa shape index (κ1) is 14.1. The fourth-order valence-corrected chi connectivity index (χ4v) is 1.91. The quantitative estimate of drug-likeness (QED) is 0.791. The van der Waals surface area contributed by atoms with Crippen LogP contribution in [0.15, 0.2) is 53.6 Å². The molecule has 0 fully saturated rings. The molecule has 0 aliphatic carbocycles. The molecule has 0 aliphatic heterocycles. The van der Waals surface area contributed by atoms with E-state index in [0.29, 0.717) is 5.65 Å². The Kier molecular flexibility index (Phi) is 3.28. The summed E-state index contributed by atoms with van der Waals surface area (Å²) in [6.07, 6.45) is -1.76. The van der Waals surface area contributed by atoms with E-state index in [1.807, 2.05) is 0 Å². The number of pyridine rings is 2. The minimum atomic E-state index is -4.55. The summed E-state index contributed by atoms with van der Waals surface area (Å²) in [6.45, 7) is 0. The molecule has 0 radical (unpaired) electrons. The van der Waals surface area contributed by atoms with Gasteiger partial charge in [0, 0.05) is 6.20 Å². The Balaban J connectivity index is 2.00. The van der Waals surface area contributed by atoms with Crippen LogP contribution in [0, 0.1) is 0 Å². The van der Waals surface area contributed by atoms with Gasteiger partial charge >= 0.3 is 6.18 Å². The lowest BCUT2D eigenvalue weighted by molar-refractivity contribution is -0.141. The van der Waals surface area contributed by atoms with Crippen molar-refractivity contribution in [3.05, 3.63) is 64.8 Å². The molecule has 0 unspecified atom stereocenters. The molecule has 3 aromatic heterocycles. The highest BCUT2D eigenvalue weighted by molar-refractivity contribution is 5.56. The zero-order valence-corrected chi connectivity index (χ0v) is 11.0. The summed E-state index contributed by atoms with van der Waals surface area (Å²) < 4.78 is 39.2. The van der Waals surface area contributed by atoms with Gasteiger partial charge < -0.3 is 5.32 Å². The van der Waals surface area contributed by atoms with Crippen molar-refractivity contribution in [1.82, 2.24) is 14.4 Å². The van der Waals surface area contributed by atoms with Crippen molar-refractivity contribution in [2.45, 2.75) is 6.18 Å². The van der Waals surface area contributed by atoms with Crippen LogP contribution in [0.3, 0.4) is 0 Å². The van der Waals surface area contributed by atoms with Crippen LogP contribution < -0.4 is 10.9 Å². The summed E-state index contributed by atoms with van der Waals surface area (Å²) >= 11 is 0. The van der Waals surface area contributed by atoms with Gasteiger partial charge in [-0.15, -0.1) is 0 Å². The number of rotatable bonds is 2. The third kappa shape index (κ3) is 2.62. The molecule has 3 heterocycles. The molecule has 3 aromatic rings. The topological polar surface area (TPSA) is 59.3 Å². The van der Waals surface area contributed by atoms with E-state index in [4.69, 9.17) is 0 Å². The minimum Gasteiger partial charge on any atom is -0.334 e. The van der Waals surface area contributed by atoms with Gasteiger partial charge in [-0.3, -0.25) is 9.20 Å². The highest BCUT2D eigenvalue weighted by Crippen LogP contribution is 2.28. The van der Waals surface area contributed by atoms with Gasteiger partial charge in [0.2, 0.25) is 0 Å². The van der Waals surface area contributed by atoms with Gasteiger partial charge in [-0.05, 0) is 24.3 Å². The molecule has 8 heteroatoms. The number of nitrogens with one attached hydrogen (secondary N) is 1. The molecule has 1 N–H and O–H groups in total. The van der Waals surface area contributed by atoms with Gasteiger partial charge in [-0.25, -0.2) is 9.97 Å². The molecule has 0 aliphatic rings. The Morgan fingerprint density at radius 1 is 1.09 bits per heavy atom. The largest absolute Gasteiger partial charge is 0.433 e. The van der Waals surface area contributed by atoms with Gasteiger partial charge in [-0.1, -0.05) is 12.1 Å². The molecule has 0 aromatic carbocycles. The molecule has 5 nitrogen and oxygen atoms in total. The normalized spacial score (nSPS) is 11.6. The number of nitrogens with zero attached hydrogens (tertiary/aromatic N) is 3. The molecule has 112 valence electrons. The molecule has 0 saturated carbocycles. The number of anilines is 2. The van der Waals surface area contributed by atoms with Crippen molar-refractivity contribution in [2.24, 2.45) is 0 Å². The number of halogens is 3. The molecule has 0 atom stereocenters. The van der Waals surface area contributed by atoms with Crippen LogP contribution in [0.25, 0.3) is 5.65 Å². The van der Waals surface area contributed by atoms with Crippen molar-refractivity contribution in [2.75, 3.05) is 5.32 Å². The van der Waals surface area contributed by atoms with Crippen LogP contribution in [0.4, 0.5) is 24.7 Å². The standard InChI is InChI=1S/C14H9F3N4O/c15-14(16,17)10-4-3-5-11(20-10)19-9-8-18-12-6-1-2-7-21(12)13(9)22/h1-8H,(H,19,20). The van der Waals surface area contributed by atoms with Crippen LogP contribution in [-0.4, -0.2) is 14.4 Å². The van der Waals surface area contributed by atoms with Crippen LogP contribution >= 0.6 is 0 Å². The molecule has 0 saturated heterocycles. The maximum absolute atomic E-state index is 12.6. The van der Waals surface area contributed by atoms with Gasteiger partial charge in [-0.2, -0.15) is 13.2 Å². The van der Waals surface area contributed by atoms with Gasteiger partial charge in [0.1, 0.15) is 22.8 Å². The van der Waals surface area contributed by atoms with Gasteiger partial charge in [0.05, 0.1) is 6.20 Å². The van der Waals surface area contributed by atoms with E-state index in [1.165, 1.54) is 28.9 Å². The van der Waals surface area contributed by atoms with Gasteiger partial charge in [0.25, 0.3) is 5.56 Å². The third-order valence-corrected chi connectivity index (χ3v) is 2.92. The van der Waals surface area contributed by atoms with Crippen LogP contribution in [0.1, 0.15) is 5.69 Å². The van der Waals surface area contributed by atoms with E-state index in [2.05, 4.69) is 15.3 Å². The lowest BCUT2D eigenvalue weighted by Crippen LogP contribution is -2.18. The summed E-state index contributed by atoms with van der Waals surface area (Å²) in [5, 5.41) is 2.57. The molecular formula is C14H9F3N4O. The van der Waals surface area contributed by atoms with E-state index >= 15 is 0 Å². The predicted molar refractivity (Wildman–Crippen MR) is 74.0 cm³/mol. The monoisotopic (exact) mass is 306 g/mol. The van der Waals surface area contributed by atoms with E-state index in [9.17, 15) is 18.0 Å². The second-order valence-corrected chi connectivity index (χ2v) is 4.44. The maximum atomic E-state index is 12.6. The minimum absolute atomic E-state index is 0.0375. The van der Waals surface area contributed by atoms with Crippen LogP contribution in [-0.2, 0) is 6.18 Å². The first-order valence-corrected chi connectivity index (χ1v) is 6.23. The Hall–Kier alpha value is -2.90. The zero-order valence-electron chi connectivity index (χ0n) is 11.0. The predicted octanol–water partition coefficient (Wildman–Crippen LogP) is 2.85. The van der Waals surface area contributed by atoms with Crippen molar-refractivity contribution >= 4 is 17.2 Å². The fourth-order valence-electron chi connectivity index (χ4n) is 1.91. The molecule has 0 spiro atoms. The highest BCUT2D eigenvalue weighted by atomic mass is 19.4. The average molecular weight is 306 g/mol. The number of hydrogen-bond donors (Lipinski definition) is 1. The zero-order chi connectivity index (χ0) is 15.7. The molecule has 3 rings (SSSR count). The SMILES string of the molecule is O=c1c(Nc2cccc(C(F)(F)F)n2)cnc2ccccn12. The van der Waals surface area contributed by atoms with Crippen LogP contribution in [0.5, 0.6) is 0 Å². The van der Waals surface area contributed by atoms with Crippen molar-refractivity contribution in [3.8, 4) is 0 Å². The Morgan fingerprint density at radius 2 is 1.91 bits per heavy atom. The smallest absolute Gasteiger partial charge is 0.334 e. The summed E-state index contributed by atoms with van der Waals surface area (Å²) in [5.74, 6) is -0.0791. The van der Waals surface area contributed by atoms with E-state index in [0.717, 1.165) is 6.07 Å². The van der Waals surface area contributed by atoms with Crippen LogP contribution in [0.2, 0.25) is 0 Å². The fraction of sp³-hybridized carbons (Fsp3) is 0.0714. The van der Waals surface area contributed by atoms with Crippen molar-refractivity contribution in [1.29, 1.82) is 0 Å². The van der Waals surface area contributed by atoms with Crippen molar-refractivity contribution < 1.29 is 13.2 Å². The molecular weight excluding hydrogens is 297 g/mol. The number of aromatic nitrogens is 3. The highest BCUT2D eigenvalue weighted by Gasteiger charge is 2.32. The molecule has 22 heavy (non-hydrogen) atoms. The second-order valence-electron chi connectivity index (χ2n) is 4.44. The first-order chi connectivity index (χ1) is 10.4. The van der Waals surface area contributed by atoms with E-state index in [1.54, 1.807) is 18.2 Å². The molecule has 0 bridgehead atoms. The number of hydrogen-bond acceptors (Lipinski definition) is 4. The average Bonchev–Trinajstić information content (AvgIpc) is 2.50. The van der Waals surface area contributed by atoms with Gasteiger partial charge in [0.15, 0.2) is 0 Å². The lowest BCUT2D eigenvalue weighted by Gasteiger charge is -2.09. The number of alkyl halides is 3.